The lowest BCUT2D eigenvalue weighted by atomic mass is 10.0. The Bertz CT molecular complexity index is 565. The zero-order valence-electron chi connectivity index (χ0n) is 19.2. The summed E-state index contributed by atoms with van der Waals surface area (Å²) in [5.41, 5.74) is 0.816. The number of aliphatic carboxylic acids is 1. The number of hydrogen-bond donors (Lipinski definition) is 1. The molecule has 1 rings (SSSR count). The second kappa shape index (κ2) is 19.2. The number of carbonyl (C=O) groups is 1. The molecule has 0 aliphatic heterocycles. The van der Waals surface area contributed by atoms with E-state index >= 15 is 0 Å². The number of carboxylic acids is 1. The van der Waals surface area contributed by atoms with E-state index < -0.39 is 5.97 Å². The minimum absolute atomic E-state index is 0.691. The van der Waals surface area contributed by atoms with E-state index in [4.69, 9.17) is 9.84 Å². The van der Waals surface area contributed by atoms with Gasteiger partial charge in [0.25, 0.3) is 0 Å². The van der Waals surface area contributed by atoms with E-state index in [1.807, 2.05) is 24.3 Å². The molecule has 0 bridgehead atoms. The predicted octanol–water partition coefficient (Wildman–Crippen LogP) is 8.42. The Morgan fingerprint density at radius 2 is 1.23 bits per heavy atom. The van der Waals surface area contributed by atoms with Gasteiger partial charge in [-0.1, -0.05) is 121 Å². The summed E-state index contributed by atoms with van der Waals surface area (Å²) >= 11 is 0. The number of unbranched alkanes of at least 4 members (excludes halogenated alkanes) is 15. The summed E-state index contributed by atoms with van der Waals surface area (Å²) < 4.78 is 5.84. The molecule has 0 heterocycles. The molecular weight excluding hydrogens is 372 g/mol. The molecule has 0 unspecified atom stereocenters. The van der Waals surface area contributed by atoms with Gasteiger partial charge in [-0.25, -0.2) is 4.79 Å². The van der Waals surface area contributed by atoms with Gasteiger partial charge in [0.2, 0.25) is 0 Å². The zero-order chi connectivity index (χ0) is 21.7. The Hall–Kier alpha value is -1.77. The molecule has 0 fully saturated rings. The van der Waals surface area contributed by atoms with Gasteiger partial charge < -0.3 is 9.84 Å². The molecule has 0 amide bonds. The van der Waals surface area contributed by atoms with Gasteiger partial charge in [0, 0.05) is 11.6 Å². The quantitative estimate of drug-likeness (QED) is 0.171. The van der Waals surface area contributed by atoms with Gasteiger partial charge in [-0.15, -0.1) is 0 Å². The standard InChI is InChI=1S/C27H44O3/c1-2-3-4-5-6-7-8-9-10-11-12-13-14-15-16-19-24-30-26-21-18-17-20-25(26)22-23-27(28)29/h17-18,20-23H,2-16,19,24H2,1H3,(H,28,29). The van der Waals surface area contributed by atoms with Crippen molar-refractivity contribution in [1.82, 2.24) is 0 Å². The molecular formula is C27H44O3. The van der Waals surface area contributed by atoms with Crippen LogP contribution in [-0.2, 0) is 4.79 Å². The Labute approximate surface area is 184 Å². The summed E-state index contributed by atoms with van der Waals surface area (Å²) in [7, 11) is 0. The van der Waals surface area contributed by atoms with Crippen LogP contribution >= 0.6 is 0 Å². The first kappa shape index (κ1) is 26.3. The summed E-state index contributed by atoms with van der Waals surface area (Å²) in [4.78, 5) is 10.7. The number of rotatable bonds is 20. The van der Waals surface area contributed by atoms with Crippen molar-refractivity contribution in [3.63, 3.8) is 0 Å². The van der Waals surface area contributed by atoms with Crippen LogP contribution in [0.25, 0.3) is 6.08 Å². The first-order valence-corrected chi connectivity index (χ1v) is 12.4. The van der Waals surface area contributed by atoms with Crippen LogP contribution in [0.5, 0.6) is 5.75 Å². The van der Waals surface area contributed by atoms with Crippen molar-refractivity contribution in [3.8, 4) is 5.75 Å². The average Bonchev–Trinajstić information content (AvgIpc) is 2.75. The molecule has 0 saturated carbocycles. The van der Waals surface area contributed by atoms with Gasteiger partial charge >= 0.3 is 5.97 Å². The molecule has 0 atom stereocenters. The Balaban J connectivity index is 1.90. The molecule has 3 heteroatoms. The van der Waals surface area contributed by atoms with Crippen molar-refractivity contribution in [3.05, 3.63) is 35.9 Å². The van der Waals surface area contributed by atoms with Crippen LogP contribution in [0.2, 0.25) is 0 Å². The smallest absolute Gasteiger partial charge is 0.328 e. The highest BCUT2D eigenvalue weighted by Crippen LogP contribution is 2.20. The molecule has 0 aliphatic rings. The van der Waals surface area contributed by atoms with Crippen molar-refractivity contribution in [1.29, 1.82) is 0 Å². The highest BCUT2D eigenvalue weighted by Gasteiger charge is 2.01. The van der Waals surface area contributed by atoms with Gasteiger partial charge in [-0.05, 0) is 18.6 Å². The minimum atomic E-state index is -0.942. The van der Waals surface area contributed by atoms with Crippen molar-refractivity contribution in [2.24, 2.45) is 0 Å². The minimum Gasteiger partial charge on any atom is -0.493 e. The van der Waals surface area contributed by atoms with E-state index in [2.05, 4.69) is 6.92 Å². The van der Waals surface area contributed by atoms with Gasteiger partial charge in [-0.2, -0.15) is 0 Å². The fourth-order valence-electron chi connectivity index (χ4n) is 3.74. The first-order chi connectivity index (χ1) is 14.7. The van der Waals surface area contributed by atoms with Crippen LogP contribution in [0.3, 0.4) is 0 Å². The van der Waals surface area contributed by atoms with Gasteiger partial charge in [0.15, 0.2) is 0 Å². The molecule has 3 nitrogen and oxygen atoms in total. The summed E-state index contributed by atoms with van der Waals surface area (Å²) in [6, 6.07) is 7.58. The van der Waals surface area contributed by atoms with Gasteiger partial charge in [0.1, 0.15) is 5.75 Å². The summed E-state index contributed by atoms with van der Waals surface area (Å²) in [5.74, 6) is -0.182. The molecule has 30 heavy (non-hydrogen) atoms. The number of carboxylic acid groups (broad SMARTS) is 1. The second-order valence-corrected chi connectivity index (χ2v) is 8.36. The molecule has 0 radical (unpaired) electrons. The molecule has 1 aromatic carbocycles. The topological polar surface area (TPSA) is 46.5 Å². The van der Waals surface area contributed by atoms with Crippen LogP contribution in [0.15, 0.2) is 30.3 Å². The second-order valence-electron chi connectivity index (χ2n) is 8.36. The zero-order valence-corrected chi connectivity index (χ0v) is 19.2. The molecule has 0 saturated heterocycles. The fourth-order valence-corrected chi connectivity index (χ4v) is 3.74. The van der Waals surface area contributed by atoms with E-state index in [1.165, 1.54) is 96.3 Å². The van der Waals surface area contributed by atoms with Crippen LogP contribution in [0, 0.1) is 0 Å². The number of ether oxygens (including phenoxy) is 1. The van der Waals surface area contributed by atoms with Gasteiger partial charge in [-0.3, -0.25) is 0 Å². The summed E-state index contributed by atoms with van der Waals surface area (Å²) in [6.07, 6.45) is 24.5. The number of hydrogen-bond acceptors (Lipinski definition) is 2. The SMILES string of the molecule is CCCCCCCCCCCCCCCCCCOc1ccccc1C=CC(=O)O. The number of benzene rings is 1. The Morgan fingerprint density at radius 1 is 0.767 bits per heavy atom. The van der Waals surface area contributed by atoms with Gasteiger partial charge in [0.05, 0.1) is 6.61 Å². The highest BCUT2D eigenvalue weighted by molar-refractivity contribution is 5.85. The summed E-state index contributed by atoms with van der Waals surface area (Å²) in [5, 5.41) is 8.77. The van der Waals surface area contributed by atoms with E-state index in [9.17, 15) is 4.79 Å². The molecule has 0 aromatic heterocycles. The van der Waals surface area contributed by atoms with Crippen molar-refractivity contribution in [2.75, 3.05) is 6.61 Å². The maximum absolute atomic E-state index is 10.7. The molecule has 1 aromatic rings. The lowest BCUT2D eigenvalue weighted by molar-refractivity contribution is -0.131. The fraction of sp³-hybridized carbons (Fsp3) is 0.667. The normalized spacial score (nSPS) is 11.2. The van der Waals surface area contributed by atoms with E-state index in [0.717, 1.165) is 23.8 Å². The van der Waals surface area contributed by atoms with E-state index in [-0.39, 0.29) is 0 Å². The third-order valence-electron chi connectivity index (χ3n) is 5.58. The molecule has 1 N–H and O–H groups in total. The largest absolute Gasteiger partial charge is 0.493 e. The molecule has 0 spiro atoms. The lowest BCUT2D eigenvalue weighted by Crippen LogP contribution is -1.99. The van der Waals surface area contributed by atoms with Crippen LogP contribution < -0.4 is 4.74 Å². The average molecular weight is 417 g/mol. The lowest BCUT2D eigenvalue weighted by Gasteiger charge is -2.09. The highest BCUT2D eigenvalue weighted by atomic mass is 16.5. The Kier molecular flexibility index (Phi) is 16.8. The third-order valence-corrected chi connectivity index (χ3v) is 5.58. The van der Waals surface area contributed by atoms with Crippen LogP contribution in [0.4, 0.5) is 0 Å². The first-order valence-electron chi connectivity index (χ1n) is 12.4. The number of para-hydroxylation sites is 1. The maximum Gasteiger partial charge on any atom is 0.328 e. The molecule has 170 valence electrons. The van der Waals surface area contributed by atoms with Crippen molar-refractivity contribution < 1.29 is 14.6 Å². The van der Waals surface area contributed by atoms with E-state index in [1.54, 1.807) is 6.08 Å². The Morgan fingerprint density at radius 3 is 1.73 bits per heavy atom. The van der Waals surface area contributed by atoms with E-state index in [0.29, 0.717) is 6.61 Å². The summed E-state index contributed by atoms with van der Waals surface area (Å²) in [6.45, 7) is 2.97. The van der Waals surface area contributed by atoms with Crippen LogP contribution in [-0.4, -0.2) is 17.7 Å². The molecule has 0 aliphatic carbocycles. The predicted molar refractivity (Wildman–Crippen MR) is 128 cm³/mol. The third kappa shape index (κ3) is 15.1. The monoisotopic (exact) mass is 416 g/mol. The van der Waals surface area contributed by atoms with Crippen LogP contribution in [0.1, 0.15) is 115 Å². The maximum atomic E-state index is 10.7. The van der Waals surface area contributed by atoms with Crippen molar-refractivity contribution in [2.45, 2.75) is 110 Å². The van der Waals surface area contributed by atoms with Crippen molar-refractivity contribution >= 4 is 12.0 Å².